The van der Waals surface area contributed by atoms with Gasteiger partial charge in [-0.1, -0.05) is 0 Å². The summed E-state index contributed by atoms with van der Waals surface area (Å²) in [5.74, 6) is -0.266. The number of amides is 1. The Hall–Kier alpha value is -1.57. The third-order valence-corrected chi connectivity index (χ3v) is 1.01. The van der Waals surface area contributed by atoms with E-state index >= 15 is 0 Å². The fraction of sp³-hybridized carbons (Fsp3) is 0.500. The molecule has 5 heteroatoms. The van der Waals surface area contributed by atoms with Crippen molar-refractivity contribution in [2.24, 2.45) is 0 Å². The molecule has 0 rings (SSSR count). The summed E-state index contributed by atoms with van der Waals surface area (Å²) < 4.78 is 4.43. The molecule has 0 aromatic heterocycles. The zero-order valence-corrected chi connectivity index (χ0v) is 6.25. The van der Waals surface area contributed by atoms with Gasteiger partial charge in [0.2, 0.25) is 0 Å². The van der Waals surface area contributed by atoms with Gasteiger partial charge in [0.1, 0.15) is 0 Å². The van der Waals surface area contributed by atoms with E-state index in [2.05, 4.69) is 4.74 Å². The summed E-state index contributed by atoms with van der Waals surface area (Å²) in [6, 6.07) is 0. The third-order valence-electron chi connectivity index (χ3n) is 1.01. The molecule has 0 aromatic rings. The maximum absolute atomic E-state index is 10.5. The van der Waals surface area contributed by atoms with E-state index in [4.69, 9.17) is 5.26 Å². The summed E-state index contributed by atoms with van der Waals surface area (Å²) in [6.07, 6.45) is -0.334. The van der Waals surface area contributed by atoms with Gasteiger partial charge in [-0.05, 0) is 13.8 Å². The quantitative estimate of drug-likeness (QED) is 0.456. The number of alkyl carbamates (subject to hydrolysis) is 1. The Kier molecular flexibility index (Phi) is 3.67. The van der Waals surface area contributed by atoms with Gasteiger partial charge >= 0.3 is 6.09 Å². The van der Waals surface area contributed by atoms with Crippen molar-refractivity contribution in [2.75, 3.05) is 0 Å². The van der Waals surface area contributed by atoms with Gasteiger partial charge in [-0.15, -0.1) is 0 Å². The van der Waals surface area contributed by atoms with E-state index in [-0.39, 0.29) is 5.78 Å². The minimum atomic E-state index is -0.907. The number of hydrogen-bond donors (Lipinski definition) is 1. The number of ether oxygens (including phenoxy) is 1. The van der Waals surface area contributed by atoms with Crippen LogP contribution < -0.4 is 5.32 Å². The van der Waals surface area contributed by atoms with Crippen molar-refractivity contribution >= 4 is 11.9 Å². The number of carbonyl (C=O) groups excluding carboxylic acids is 2. The highest BCUT2D eigenvalue weighted by Crippen LogP contribution is 1.91. The molecule has 0 fully saturated rings. The number of nitrogens with one attached hydrogen (secondary N) is 1. The number of nitriles is 1. The maximum Gasteiger partial charge on any atom is 0.421 e. The van der Waals surface area contributed by atoms with Crippen molar-refractivity contribution in [1.29, 1.82) is 5.26 Å². The van der Waals surface area contributed by atoms with E-state index < -0.39 is 12.2 Å². The van der Waals surface area contributed by atoms with Gasteiger partial charge in [-0.2, -0.15) is 5.26 Å². The largest absolute Gasteiger partial charge is 0.438 e. The fourth-order valence-electron chi connectivity index (χ4n) is 0.319. The molecule has 0 aliphatic carbocycles. The van der Waals surface area contributed by atoms with E-state index in [1.54, 1.807) is 5.32 Å². The number of ketones is 1. The first-order valence-corrected chi connectivity index (χ1v) is 2.94. The Morgan fingerprint density at radius 1 is 1.64 bits per heavy atom. The molecule has 60 valence electrons. The van der Waals surface area contributed by atoms with Crippen LogP contribution in [0.5, 0.6) is 0 Å². The molecular formula is C6H8N2O3. The van der Waals surface area contributed by atoms with Crippen LogP contribution in [0.25, 0.3) is 0 Å². The van der Waals surface area contributed by atoms with Crippen molar-refractivity contribution in [3.05, 3.63) is 0 Å². The monoisotopic (exact) mass is 156 g/mol. The number of hydrogen-bond acceptors (Lipinski definition) is 4. The molecule has 0 radical (unpaired) electrons. The van der Waals surface area contributed by atoms with Crippen molar-refractivity contribution < 1.29 is 14.3 Å². The molecule has 1 atom stereocenters. The average Bonchev–Trinajstić information content (AvgIpc) is 1.87. The first-order chi connectivity index (χ1) is 5.07. The summed E-state index contributed by atoms with van der Waals surface area (Å²) in [6.45, 7) is 2.73. The molecule has 0 saturated heterocycles. The van der Waals surface area contributed by atoms with E-state index in [9.17, 15) is 9.59 Å². The predicted molar refractivity (Wildman–Crippen MR) is 35.4 cm³/mol. The molecule has 0 heterocycles. The highest BCUT2D eigenvalue weighted by Gasteiger charge is 2.12. The van der Waals surface area contributed by atoms with Gasteiger partial charge < -0.3 is 4.74 Å². The number of rotatable bonds is 2. The topological polar surface area (TPSA) is 79.2 Å². The Morgan fingerprint density at radius 3 is 2.55 bits per heavy atom. The lowest BCUT2D eigenvalue weighted by atomic mass is 10.3. The Labute approximate surface area is 63.9 Å². The second-order valence-electron chi connectivity index (χ2n) is 1.89. The van der Waals surface area contributed by atoms with E-state index in [0.29, 0.717) is 0 Å². The molecule has 1 amide bonds. The normalized spacial score (nSPS) is 11.0. The zero-order valence-electron chi connectivity index (χ0n) is 6.25. The van der Waals surface area contributed by atoms with Crippen LogP contribution in [0.2, 0.25) is 0 Å². The van der Waals surface area contributed by atoms with Gasteiger partial charge in [0.15, 0.2) is 18.1 Å². The van der Waals surface area contributed by atoms with Crippen molar-refractivity contribution in [1.82, 2.24) is 5.32 Å². The van der Waals surface area contributed by atoms with Crippen LogP contribution in [-0.4, -0.2) is 18.0 Å². The smallest absolute Gasteiger partial charge is 0.421 e. The molecular weight excluding hydrogens is 148 g/mol. The molecule has 0 aliphatic rings. The summed E-state index contributed by atoms with van der Waals surface area (Å²) in [7, 11) is 0. The summed E-state index contributed by atoms with van der Waals surface area (Å²) in [5, 5.41) is 9.66. The van der Waals surface area contributed by atoms with Crippen molar-refractivity contribution in [3.63, 3.8) is 0 Å². The maximum atomic E-state index is 10.5. The molecule has 1 N–H and O–H groups in total. The van der Waals surface area contributed by atoms with E-state index in [1.807, 2.05) is 0 Å². The molecule has 5 nitrogen and oxygen atoms in total. The van der Waals surface area contributed by atoms with Crippen LogP contribution in [0.4, 0.5) is 4.79 Å². The van der Waals surface area contributed by atoms with Gasteiger partial charge in [0.25, 0.3) is 0 Å². The molecule has 0 aliphatic heterocycles. The Balaban J connectivity index is 3.77. The SMILES string of the molecule is CC(=O)C(C)OC(=O)NC#N. The van der Waals surface area contributed by atoms with Crippen LogP contribution in [-0.2, 0) is 9.53 Å². The van der Waals surface area contributed by atoms with Crippen LogP contribution in [0, 0.1) is 11.5 Å². The first-order valence-electron chi connectivity index (χ1n) is 2.94. The average molecular weight is 156 g/mol. The van der Waals surface area contributed by atoms with Gasteiger partial charge in [-0.3, -0.25) is 4.79 Å². The summed E-state index contributed by atoms with van der Waals surface area (Å²) >= 11 is 0. The minimum Gasteiger partial charge on any atom is -0.438 e. The molecule has 0 bridgehead atoms. The standard InChI is InChI=1S/C6H8N2O3/c1-4(9)5(2)11-6(10)8-3-7/h5H,1-2H3,(H,8,10). The Morgan fingerprint density at radius 2 is 2.18 bits per heavy atom. The van der Waals surface area contributed by atoms with Crippen LogP contribution in [0.15, 0.2) is 0 Å². The second-order valence-corrected chi connectivity index (χ2v) is 1.89. The first kappa shape index (κ1) is 9.43. The lowest BCUT2D eigenvalue weighted by Crippen LogP contribution is -2.27. The summed E-state index contributed by atoms with van der Waals surface area (Å²) in [5.41, 5.74) is 0. The fourth-order valence-corrected chi connectivity index (χ4v) is 0.319. The number of nitrogens with zero attached hydrogens (tertiary/aromatic N) is 1. The number of Topliss-reactive ketones (excluding diaryl/α,β-unsaturated/α-hetero) is 1. The predicted octanol–water partition coefficient (Wildman–Crippen LogP) is 0.171. The highest BCUT2D eigenvalue weighted by atomic mass is 16.6. The van der Waals surface area contributed by atoms with Gasteiger partial charge in [0.05, 0.1) is 0 Å². The minimum absolute atomic E-state index is 0.266. The lowest BCUT2D eigenvalue weighted by Gasteiger charge is -2.06. The van der Waals surface area contributed by atoms with Crippen LogP contribution in [0.3, 0.4) is 0 Å². The molecule has 0 saturated carbocycles. The molecule has 1 unspecified atom stereocenters. The highest BCUT2D eigenvalue weighted by molar-refractivity contribution is 5.82. The molecule has 0 aromatic carbocycles. The van der Waals surface area contributed by atoms with Gasteiger partial charge in [0, 0.05) is 0 Å². The second kappa shape index (κ2) is 4.28. The van der Waals surface area contributed by atoms with E-state index in [1.165, 1.54) is 20.0 Å². The van der Waals surface area contributed by atoms with E-state index in [0.717, 1.165) is 0 Å². The van der Waals surface area contributed by atoms with Crippen molar-refractivity contribution in [3.8, 4) is 6.19 Å². The molecule has 0 spiro atoms. The van der Waals surface area contributed by atoms with Crippen LogP contribution >= 0.6 is 0 Å². The Bertz CT molecular complexity index is 206. The molecule has 11 heavy (non-hydrogen) atoms. The van der Waals surface area contributed by atoms with Gasteiger partial charge in [-0.25, -0.2) is 10.1 Å². The van der Waals surface area contributed by atoms with Crippen LogP contribution in [0.1, 0.15) is 13.8 Å². The zero-order chi connectivity index (χ0) is 8.85. The summed E-state index contributed by atoms with van der Waals surface area (Å²) in [4.78, 5) is 20.9. The van der Waals surface area contributed by atoms with Crippen molar-refractivity contribution in [2.45, 2.75) is 20.0 Å². The third kappa shape index (κ3) is 3.92. The number of carbonyl (C=O) groups is 2. The lowest BCUT2D eigenvalue weighted by molar-refractivity contribution is -0.124.